The molecule has 5 heteroatoms. The summed E-state index contributed by atoms with van der Waals surface area (Å²) in [6.07, 6.45) is 2.46. The topological polar surface area (TPSA) is 60.5 Å². The van der Waals surface area contributed by atoms with Gasteiger partial charge in [0.05, 0.1) is 20.1 Å². The van der Waals surface area contributed by atoms with Crippen LogP contribution in [0.2, 0.25) is 0 Å². The van der Waals surface area contributed by atoms with Crippen molar-refractivity contribution in [3.8, 4) is 5.88 Å². The zero-order chi connectivity index (χ0) is 14.3. The van der Waals surface area contributed by atoms with Crippen molar-refractivity contribution in [3.05, 3.63) is 23.9 Å². The zero-order valence-electron chi connectivity index (χ0n) is 12.0. The molecule has 0 fully saturated rings. The van der Waals surface area contributed by atoms with Crippen LogP contribution in [0.4, 0.5) is 0 Å². The number of nitrogens with zero attached hydrogens (tertiary/aromatic N) is 1. The van der Waals surface area contributed by atoms with Gasteiger partial charge in [0.25, 0.3) is 0 Å². The van der Waals surface area contributed by atoms with Gasteiger partial charge in [-0.2, -0.15) is 0 Å². The summed E-state index contributed by atoms with van der Waals surface area (Å²) >= 11 is 0. The first-order valence-corrected chi connectivity index (χ1v) is 6.37. The molecule has 1 aromatic heterocycles. The molecule has 1 aromatic rings. The highest BCUT2D eigenvalue weighted by molar-refractivity contribution is 5.71. The number of esters is 1. The molecule has 0 aromatic carbocycles. The Morgan fingerprint density at radius 3 is 2.79 bits per heavy atom. The van der Waals surface area contributed by atoms with E-state index < -0.39 is 0 Å². The molecule has 5 nitrogen and oxygen atoms in total. The summed E-state index contributed by atoms with van der Waals surface area (Å²) in [4.78, 5) is 15.4. The maximum atomic E-state index is 11.3. The van der Waals surface area contributed by atoms with Crippen LogP contribution in [0.25, 0.3) is 0 Å². The molecule has 0 bridgehead atoms. The van der Waals surface area contributed by atoms with Crippen LogP contribution in [0.15, 0.2) is 18.3 Å². The number of carbonyl (C=O) groups excluding carboxylic acids is 1. The van der Waals surface area contributed by atoms with Gasteiger partial charge in [-0.25, -0.2) is 4.98 Å². The third-order valence-electron chi connectivity index (χ3n) is 2.97. The SMILES string of the molecule is COC(=O)[C@H](C)C[C@@H](C)NCc1ccnc(OC)c1. The van der Waals surface area contributed by atoms with Gasteiger partial charge in [0.2, 0.25) is 5.88 Å². The Morgan fingerprint density at radius 1 is 1.42 bits per heavy atom. The third kappa shape index (κ3) is 5.26. The van der Waals surface area contributed by atoms with E-state index in [0.717, 1.165) is 12.0 Å². The van der Waals surface area contributed by atoms with Gasteiger partial charge in [0, 0.05) is 24.8 Å². The Labute approximate surface area is 114 Å². The molecular weight excluding hydrogens is 244 g/mol. The molecule has 19 heavy (non-hydrogen) atoms. The monoisotopic (exact) mass is 266 g/mol. The van der Waals surface area contributed by atoms with E-state index in [4.69, 9.17) is 9.47 Å². The van der Waals surface area contributed by atoms with Crippen molar-refractivity contribution in [2.45, 2.75) is 32.9 Å². The lowest BCUT2D eigenvalue weighted by Crippen LogP contribution is -2.29. The molecule has 1 heterocycles. The average molecular weight is 266 g/mol. The Morgan fingerprint density at radius 2 is 2.16 bits per heavy atom. The smallest absolute Gasteiger partial charge is 0.308 e. The predicted octanol–water partition coefficient (Wildman–Crippen LogP) is 1.77. The summed E-state index contributed by atoms with van der Waals surface area (Å²) in [7, 11) is 3.01. The van der Waals surface area contributed by atoms with Gasteiger partial charge in [-0.05, 0) is 25.0 Å². The molecule has 2 atom stereocenters. The molecule has 0 unspecified atom stereocenters. The van der Waals surface area contributed by atoms with Gasteiger partial charge < -0.3 is 14.8 Å². The third-order valence-corrected chi connectivity index (χ3v) is 2.97. The first-order valence-electron chi connectivity index (χ1n) is 6.37. The Balaban J connectivity index is 2.41. The first-order chi connectivity index (χ1) is 9.06. The molecule has 106 valence electrons. The van der Waals surface area contributed by atoms with E-state index in [-0.39, 0.29) is 17.9 Å². The number of aromatic nitrogens is 1. The summed E-state index contributed by atoms with van der Waals surface area (Å²) in [6.45, 7) is 4.64. The number of hydrogen-bond acceptors (Lipinski definition) is 5. The Hall–Kier alpha value is -1.62. The lowest BCUT2D eigenvalue weighted by atomic mass is 10.0. The molecule has 0 amide bonds. The van der Waals surface area contributed by atoms with Gasteiger partial charge in [-0.1, -0.05) is 6.92 Å². The van der Waals surface area contributed by atoms with Crippen LogP contribution in [-0.4, -0.2) is 31.2 Å². The normalized spacial score (nSPS) is 13.7. The van der Waals surface area contributed by atoms with E-state index in [1.54, 1.807) is 13.3 Å². The van der Waals surface area contributed by atoms with Gasteiger partial charge in [-0.15, -0.1) is 0 Å². The summed E-state index contributed by atoms with van der Waals surface area (Å²) in [6, 6.07) is 4.06. The maximum Gasteiger partial charge on any atom is 0.308 e. The largest absolute Gasteiger partial charge is 0.481 e. The highest BCUT2D eigenvalue weighted by Gasteiger charge is 2.16. The molecular formula is C14H22N2O3. The fourth-order valence-electron chi connectivity index (χ4n) is 1.88. The maximum absolute atomic E-state index is 11.3. The van der Waals surface area contributed by atoms with Crippen molar-refractivity contribution in [1.82, 2.24) is 10.3 Å². The number of rotatable bonds is 7. The summed E-state index contributed by atoms with van der Waals surface area (Å²) in [5, 5.41) is 3.37. The van der Waals surface area contributed by atoms with E-state index in [1.807, 2.05) is 19.1 Å². The van der Waals surface area contributed by atoms with Crippen LogP contribution >= 0.6 is 0 Å². The highest BCUT2D eigenvalue weighted by Crippen LogP contribution is 2.11. The van der Waals surface area contributed by atoms with Crippen molar-refractivity contribution in [3.63, 3.8) is 0 Å². The minimum atomic E-state index is -0.167. The molecule has 0 saturated heterocycles. The molecule has 0 aliphatic carbocycles. The average Bonchev–Trinajstić information content (AvgIpc) is 2.44. The van der Waals surface area contributed by atoms with E-state index in [0.29, 0.717) is 12.4 Å². The van der Waals surface area contributed by atoms with Gasteiger partial charge in [-0.3, -0.25) is 4.79 Å². The molecule has 1 N–H and O–H groups in total. The van der Waals surface area contributed by atoms with Crippen LogP contribution < -0.4 is 10.1 Å². The van der Waals surface area contributed by atoms with Gasteiger partial charge >= 0.3 is 5.97 Å². The Kier molecular flexibility index (Phi) is 6.29. The van der Waals surface area contributed by atoms with Crippen molar-refractivity contribution in [2.24, 2.45) is 5.92 Å². The zero-order valence-corrected chi connectivity index (χ0v) is 12.0. The van der Waals surface area contributed by atoms with Crippen molar-refractivity contribution < 1.29 is 14.3 Å². The summed E-state index contributed by atoms with van der Waals surface area (Å²) < 4.78 is 9.79. The first kappa shape index (κ1) is 15.4. The van der Waals surface area contributed by atoms with Crippen molar-refractivity contribution in [1.29, 1.82) is 0 Å². The molecule has 0 aliphatic rings. The molecule has 0 spiro atoms. The second-order valence-electron chi connectivity index (χ2n) is 4.65. The quantitative estimate of drug-likeness (QED) is 0.762. The van der Waals surface area contributed by atoms with Crippen LogP contribution in [-0.2, 0) is 16.1 Å². The van der Waals surface area contributed by atoms with E-state index in [9.17, 15) is 4.79 Å². The highest BCUT2D eigenvalue weighted by atomic mass is 16.5. The molecule has 0 aliphatic heterocycles. The fraction of sp³-hybridized carbons (Fsp3) is 0.571. The van der Waals surface area contributed by atoms with Gasteiger partial charge in [0.15, 0.2) is 0 Å². The minimum Gasteiger partial charge on any atom is -0.481 e. The minimum absolute atomic E-state index is 0.0977. The van der Waals surface area contributed by atoms with E-state index in [2.05, 4.69) is 17.2 Å². The van der Waals surface area contributed by atoms with E-state index >= 15 is 0 Å². The number of hydrogen-bond donors (Lipinski definition) is 1. The van der Waals surface area contributed by atoms with Crippen molar-refractivity contribution in [2.75, 3.05) is 14.2 Å². The van der Waals surface area contributed by atoms with Crippen LogP contribution in [0.5, 0.6) is 5.88 Å². The summed E-state index contributed by atoms with van der Waals surface area (Å²) in [5.41, 5.74) is 1.10. The number of ether oxygens (including phenoxy) is 2. The number of nitrogens with one attached hydrogen (secondary N) is 1. The van der Waals surface area contributed by atoms with Crippen molar-refractivity contribution >= 4 is 5.97 Å². The van der Waals surface area contributed by atoms with Crippen LogP contribution in [0.3, 0.4) is 0 Å². The fourth-order valence-corrected chi connectivity index (χ4v) is 1.88. The number of pyridine rings is 1. The molecule has 1 rings (SSSR count). The van der Waals surface area contributed by atoms with Crippen LogP contribution in [0.1, 0.15) is 25.8 Å². The molecule has 0 saturated carbocycles. The predicted molar refractivity (Wildman–Crippen MR) is 72.9 cm³/mol. The second-order valence-corrected chi connectivity index (χ2v) is 4.65. The Bertz CT molecular complexity index is 409. The number of carbonyl (C=O) groups is 1. The summed E-state index contributed by atoms with van der Waals surface area (Å²) in [5.74, 6) is 0.341. The molecule has 0 radical (unpaired) electrons. The standard InChI is InChI=1S/C14H22N2O3/c1-10(14(17)19-4)7-11(2)16-9-12-5-6-15-13(8-12)18-3/h5-6,8,10-11,16H,7,9H2,1-4H3/t10-,11-/m1/s1. The van der Waals surface area contributed by atoms with Crippen LogP contribution in [0, 0.1) is 5.92 Å². The second kappa shape index (κ2) is 7.74. The lowest BCUT2D eigenvalue weighted by molar-refractivity contribution is -0.145. The van der Waals surface area contributed by atoms with Gasteiger partial charge in [0.1, 0.15) is 0 Å². The number of methoxy groups -OCH3 is 2. The lowest BCUT2D eigenvalue weighted by Gasteiger charge is -2.17. The van der Waals surface area contributed by atoms with E-state index in [1.165, 1.54) is 7.11 Å².